The minimum atomic E-state index is -0.840. The molecule has 1 heterocycles. The van der Waals surface area contributed by atoms with E-state index in [-0.39, 0.29) is 5.78 Å². The van der Waals surface area contributed by atoms with Crippen molar-refractivity contribution < 1.29 is 19.1 Å². The van der Waals surface area contributed by atoms with Gasteiger partial charge in [0.05, 0.1) is 5.92 Å². The number of nitrogens with zero attached hydrogens (tertiary/aromatic N) is 1. The minimum Gasteiger partial charge on any atom is -0.481 e. The molecule has 1 N–H and O–H groups in total. The molecule has 0 aliphatic heterocycles. The third-order valence-electron chi connectivity index (χ3n) is 3.93. The quantitative estimate of drug-likeness (QED) is 0.586. The Balaban J connectivity index is 0.000000149. The van der Waals surface area contributed by atoms with Crippen LogP contribution in [0.15, 0.2) is 47.2 Å². The van der Waals surface area contributed by atoms with Crippen molar-refractivity contribution in [3.05, 3.63) is 64.4 Å². The number of fused-ring (bicyclic) bond motifs is 1. The summed E-state index contributed by atoms with van der Waals surface area (Å²) in [6.07, 6.45) is 1.35. The number of benzene rings is 2. The summed E-state index contributed by atoms with van der Waals surface area (Å²) in [6.45, 7) is 3.24. The average Bonchev–Trinajstić information content (AvgIpc) is 2.96. The second-order valence-corrected chi connectivity index (χ2v) is 5.46. The number of hydrogen-bond acceptors (Lipinski definition) is 4. The van der Waals surface area contributed by atoms with E-state index in [2.05, 4.69) is 4.98 Å². The molecule has 2 aliphatic carbocycles. The van der Waals surface area contributed by atoms with Gasteiger partial charge in [0.15, 0.2) is 17.8 Å². The Morgan fingerprint density at radius 1 is 1.17 bits per heavy atom. The normalized spacial score (nSPS) is 12.3. The molecule has 0 radical (unpaired) electrons. The van der Waals surface area contributed by atoms with Gasteiger partial charge in [-0.25, -0.2) is 4.98 Å². The highest BCUT2D eigenvalue weighted by Crippen LogP contribution is 2.20. The Bertz CT molecular complexity index is 1000. The number of ketones is 1. The number of carboxylic acids is 1. The molecular formula is C18H15NO4. The Kier molecular flexibility index (Phi) is 3.70. The molecule has 0 amide bonds. The zero-order chi connectivity index (χ0) is 16.6. The molecule has 5 nitrogen and oxygen atoms in total. The van der Waals surface area contributed by atoms with Crippen LogP contribution in [0.3, 0.4) is 0 Å². The van der Waals surface area contributed by atoms with Gasteiger partial charge in [0, 0.05) is 5.56 Å². The van der Waals surface area contributed by atoms with Crippen LogP contribution in [0.2, 0.25) is 0 Å². The van der Waals surface area contributed by atoms with Gasteiger partial charge in [-0.2, -0.15) is 0 Å². The zero-order valence-corrected chi connectivity index (χ0v) is 12.7. The summed E-state index contributed by atoms with van der Waals surface area (Å²) in [5.74, 6) is -1.18. The highest BCUT2D eigenvalue weighted by atomic mass is 16.4. The van der Waals surface area contributed by atoms with Crippen LogP contribution in [0.4, 0.5) is 0 Å². The van der Waals surface area contributed by atoms with Crippen LogP contribution >= 0.6 is 0 Å². The van der Waals surface area contributed by atoms with Gasteiger partial charge >= 0.3 is 5.97 Å². The van der Waals surface area contributed by atoms with E-state index in [1.807, 2.05) is 18.2 Å². The summed E-state index contributed by atoms with van der Waals surface area (Å²) in [5.41, 5.74) is 2.99. The lowest BCUT2D eigenvalue weighted by Crippen LogP contribution is -2.06. The van der Waals surface area contributed by atoms with Gasteiger partial charge in [0.25, 0.3) is 0 Å². The predicted octanol–water partition coefficient (Wildman–Crippen LogP) is 3.51. The smallest absolute Gasteiger partial charge is 0.310 e. The lowest BCUT2D eigenvalue weighted by Gasteiger charge is -2.06. The molecule has 4 rings (SSSR count). The monoisotopic (exact) mass is 309 g/mol. The summed E-state index contributed by atoms with van der Waals surface area (Å²) in [7, 11) is 0. The van der Waals surface area contributed by atoms with Gasteiger partial charge in [0.1, 0.15) is 5.52 Å². The average molecular weight is 309 g/mol. The van der Waals surface area contributed by atoms with Crippen LogP contribution in [-0.4, -0.2) is 21.8 Å². The molecule has 5 heteroatoms. The van der Waals surface area contributed by atoms with Gasteiger partial charge in [0.2, 0.25) is 0 Å². The second kappa shape index (κ2) is 5.68. The van der Waals surface area contributed by atoms with E-state index in [0.717, 1.165) is 16.3 Å². The topological polar surface area (TPSA) is 80.4 Å². The van der Waals surface area contributed by atoms with Crippen molar-refractivity contribution in [2.24, 2.45) is 0 Å². The fourth-order valence-electron chi connectivity index (χ4n) is 2.37. The Morgan fingerprint density at radius 2 is 1.96 bits per heavy atom. The number of rotatable bonds is 3. The van der Waals surface area contributed by atoms with Crippen LogP contribution in [0.25, 0.3) is 11.1 Å². The Hall–Kier alpha value is -2.95. The van der Waals surface area contributed by atoms with Crippen molar-refractivity contribution in [3.8, 4) is 0 Å². The maximum atomic E-state index is 10.7. The molecule has 0 bridgehead atoms. The molecule has 23 heavy (non-hydrogen) atoms. The Morgan fingerprint density at radius 3 is 2.43 bits per heavy atom. The zero-order valence-electron chi connectivity index (χ0n) is 12.7. The summed E-state index contributed by atoms with van der Waals surface area (Å²) in [6, 6.07) is 11.1. The van der Waals surface area contributed by atoms with E-state index >= 15 is 0 Å². The number of aromatic nitrogens is 1. The van der Waals surface area contributed by atoms with Crippen molar-refractivity contribution in [1.82, 2.24) is 4.98 Å². The highest BCUT2D eigenvalue weighted by Gasteiger charge is 2.14. The van der Waals surface area contributed by atoms with Crippen molar-refractivity contribution in [3.63, 3.8) is 0 Å². The molecule has 2 aromatic rings. The van der Waals surface area contributed by atoms with Crippen LogP contribution < -0.4 is 0 Å². The largest absolute Gasteiger partial charge is 0.481 e. The van der Waals surface area contributed by atoms with E-state index in [0.29, 0.717) is 11.1 Å². The number of hydrogen-bond donors (Lipinski definition) is 1. The Labute approximate surface area is 131 Å². The highest BCUT2D eigenvalue weighted by molar-refractivity contribution is 5.95. The van der Waals surface area contributed by atoms with Gasteiger partial charge in [-0.15, -0.1) is 0 Å². The standard InChI is InChI=1S/C10H9NO3.C8H6O/c1-6(10(12)13)7-2-3-9-8(4-7)11-5-14-9;1-5(9)8-4-6-2-3-7(6)8/h2-6H,1H3,(H,12,13);2-4H,1H3. The minimum absolute atomic E-state index is 0.179. The fraction of sp³-hybridized carbons (Fsp3) is 0.167. The van der Waals surface area contributed by atoms with Crippen LogP contribution in [-0.2, 0) is 4.79 Å². The first-order valence-electron chi connectivity index (χ1n) is 7.18. The summed E-state index contributed by atoms with van der Waals surface area (Å²) >= 11 is 0. The van der Waals surface area contributed by atoms with E-state index in [1.165, 1.54) is 11.6 Å². The number of carbonyl (C=O) groups is 2. The molecule has 0 fully saturated rings. The molecular weight excluding hydrogens is 294 g/mol. The molecule has 1 unspecified atom stereocenters. The number of carbonyl (C=O) groups excluding carboxylic acids is 1. The third-order valence-corrected chi connectivity index (χ3v) is 3.93. The van der Waals surface area contributed by atoms with Gasteiger partial charge in [-0.1, -0.05) is 18.2 Å². The van der Waals surface area contributed by atoms with E-state index in [1.54, 1.807) is 32.0 Å². The van der Waals surface area contributed by atoms with Crippen LogP contribution in [0.5, 0.6) is 0 Å². The first kappa shape index (κ1) is 15.0. The van der Waals surface area contributed by atoms with Crippen LogP contribution in [0.1, 0.15) is 35.7 Å². The number of aliphatic carboxylic acids is 1. The van der Waals surface area contributed by atoms with E-state index in [9.17, 15) is 9.59 Å². The molecule has 0 spiro atoms. The summed E-state index contributed by atoms with van der Waals surface area (Å²) < 4.78 is 5.05. The van der Waals surface area contributed by atoms with E-state index < -0.39 is 11.9 Å². The van der Waals surface area contributed by atoms with Gasteiger partial charge in [-0.3, -0.25) is 9.59 Å². The second-order valence-electron chi connectivity index (χ2n) is 5.46. The van der Waals surface area contributed by atoms with Crippen molar-refractivity contribution in [2.75, 3.05) is 0 Å². The molecule has 116 valence electrons. The molecule has 0 saturated heterocycles. The maximum absolute atomic E-state index is 10.7. The van der Waals surface area contributed by atoms with Gasteiger partial charge < -0.3 is 9.52 Å². The van der Waals surface area contributed by atoms with Gasteiger partial charge in [-0.05, 0) is 48.0 Å². The van der Waals surface area contributed by atoms with Crippen molar-refractivity contribution in [2.45, 2.75) is 19.8 Å². The molecule has 2 aliphatic rings. The molecule has 1 atom stereocenters. The van der Waals surface area contributed by atoms with E-state index in [4.69, 9.17) is 9.52 Å². The van der Waals surface area contributed by atoms with Crippen LogP contribution in [0, 0.1) is 10.4 Å². The first-order valence-corrected chi connectivity index (χ1v) is 7.18. The summed E-state index contributed by atoms with van der Waals surface area (Å²) in [5, 5.41) is 11.2. The van der Waals surface area contributed by atoms with Crippen molar-refractivity contribution in [1.29, 1.82) is 0 Å². The number of Topliss-reactive ketones (excluding diaryl/α,β-unsaturated/α-hetero) is 1. The lowest BCUT2D eigenvalue weighted by molar-refractivity contribution is -0.138. The fourth-order valence-corrected chi connectivity index (χ4v) is 2.37. The van der Waals surface area contributed by atoms with Crippen molar-refractivity contribution >= 4 is 22.9 Å². The maximum Gasteiger partial charge on any atom is 0.310 e. The SMILES string of the molecule is CC(=O)c1cc2ccc1=2.CC(C(=O)O)c1ccc2ocnc2c1. The number of oxazole rings is 1. The lowest BCUT2D eigenvalue weighted by atomic mass is 9.97. The third kappa shape index (κ3) is 2.73. The molecule has 0 saturated carbocycles. The summed E-state index contributed by atoms with van der Waals surface area (Å²) in [4.78, 5) is 25.4. The predicted molar refractivity (Wildman–Crippen MR) is 84.2 cm³/mol. The molecule has 1 aromatic carbocycles. The first-order chi connectivity index (χ1) is 11.0. The number of carboxylic acid groups (broad SMARTS) is 1. The molecule has 1 aromatic heterocycles.